The summed E-state index contributed by atoms with van der Waals surface area (Å²) < 4.78 is 0. The lowest BCUT2D eigenvalue weighted by Gasteiger charge is -2.40. The van der Waals surface area contributed by atoms with E-state index >= 15 is 0 Å². The molecule has 6 nitrogen and oxygen atoms in total. The molecule has 2 aliphatic heterocycles. The molecule has 2 amide bonds. The Morgan fingerprint density at radius 2 is 1.73 bits per heavy atom. The van der Waals surface area contributed by atoms with Gasteiger partial charge in [0, 0.05) is 55.4 Å². The van der Waals surface area contributed by atoms with Gasteiger partial charge in [0.15, 0.2) is 0 Å². The van der Waals surface area contributed by atoms with Crippen molar-refractivity contribution in [3.05, 3.63) is 94.8 Å². The first-order chi connectivity index (χ1) is 18.0. The van der Waals surface area contributed by atoms with E-state index < -0.39 is 0 Å². The molecule has 3 heterocycles. The number of carbonyl (C=O) groups excluding carboxylic acids is 2. The van der Waals surface area contributed by atoms with Crippen LogP contribution in [0.25, 0.3) is 0 Å². The summed E-state index contributed by atoms with van der Waals surface area (Å²) in [5.74, 6) is 0.0689. The molecule has 2 saturated heterocycles. The third-order valence-electron chi connectivity index (χ3n) is 8.74. The average molecular weight is 495 g/mol. The number of nitrogens with one attached hydrogen (secondary N) is 1. The van der Waals surface area contributed by atoms with E-state index in [0.29, 0.717) is 5.56 Å². The van der Waals surface area contributed by atoms with Gasteiger partial charge in [0.2, 0.25) is 0 Å². The predicted octanol–water partition coefficient (Wildman–Crippen LogP) is 4.94. The molecule has 1 unspecified atom stereocenters. The number of rotatable bonds is 4. The summed E-state index contributed by atoms with van der Waals surface area (Å²) in [4.78, 5) is 35.2. The molecule has 1 aromatic heterocycles. The molecule has 6 rings (SSSR count). The molecule has 190 valence electrons. The number of piperidine rings is 1. The second-order valence-corrected chi connectivity index (χ2v) is 11.0. The number of benzene rings is 2. The van der Waals surface area contributed by atoms with E-state index in [2.05, 4.69) is 38.3 Å². The van der Waals surface area contributed by atoms with E-state index in [1.54, 1.807) is 0 Å². The largest absolute Gasteiger partial charge is 0.371 e. The summed E-state index contributed by atoms with van der Waals surface area (Å²) in [7, 11) is 0. The first-order valence-electron chi connectivity index (χ1n) is 13.4. The number of anilines is 1. The Balaban J connectivity index is 1.12. The fraction of sp³-hybridized carbons (Fsp3) is 0.387. The van der Waals surface area contributed by atoms with E-state index in [0.717, 1.165) is 75.0 Å². The number of likely N-dealkylation sites (tertiary alicyclic amines) is 1. The van der Waals surface area contributed by atoms with Gasteiger partial charge >= 0.3 is 0 Å². The minimum absolute atomic E-state index is 0.0488. The van der Waals surface area contributed by atoms with Crippen LogP contribution in [-0.4, -0.2) is 47.9 Å². The number of hydrogen-bond acceptors (Lipinski definition) is 4. The highest BCUT2D eigenvalue weighted by Crippen LogP contribution is 2.42. The lowest BCUT2D eigenvalue weighted by Crippen LogP contribution is -2.42. The number of aryl methyl sites for hydroxylation is 2. The summed E-state index contributed by atoms with van der Waals surface area (Å²) in [6.45, 7) is 5.65. The fourth-order valence-electron chi connectivity index (χ4n) is 6.44. The highest BCUT2D eigenvalue weighted by molar-refractivity contribution is 5.96. The van der Waals surface area contributed by atoms with Gasteiger partial charge in [-0.1, -0.05) is 24.3 Å². The van der Waals surface area contributed by atoms with Crippen LogP contribution in [0.4, 0.5) is 5.69 Å². The number of amides is 2. The second-order valence-electron chi connectivity index (χ2n) is 11.0. The standard InChI is InChI=1S/C31H34N4O2/c1-22-4-2-3-5-26(22)29(36)33-28-9-8-23-6-7-24(20-27(23)28)30(37)35-19-14-31(21-35)12-17-34(18-13-31)25-10-15-32-16-11-25/h2-7,10-11,15-16,20,28H,8-9,12-14,17-19,21H2,1H3,(H,33,36). The third kappa shape index (κ3) is 4.61. The Bertz CT molecular complexity index is 1310. The van der Waals surface area contributed by atoms with Crippen LogP contribution in [0.1, 0.15) is 69.1 Å². The zero-order chi connectivity index (χ0) is 25.4. The van der Waals surface area contributed by atoms with Crippen LogP contribution in [0.3, 0.4) is 0 Å². The first-order valence-corrected chi connectivity index (χ1v) is 13.4. The maximum atomic E-state index is 13.6. The Morgan fingerprint density at radius 3 is 2.51 bits per heavy atom. The van der Waals surface area contributed by atoms with Crippen molar-refractivity contribution in [2.24, 2.45) is 5.41 Å². The first kappa shape index (κ1) is 23.7. The number of carbonyl (C=O) groups is 2. The monoisotopic (exact) mass is 494 g/mol. The highest BCUT2D eigenvalue weighted by Gasteiger charge is 2.42. The number of aromatic nitrogens is 1. The lowest BCUT2D eigenvalue weighted by molar-refractivity contribution is 0.0764. The number of fused-ring (bicyclic) bond motifs is 1. The maximum Gasteiger partial charge on any atom is 0.253 e. The van der Waals surface area contributed by atoms with E-state index in [9.17, 15) is 9.59 Å². The van der Waals surface area contributed by atoms with Crippen molar-refractivity contribution < 1.29 is 9.59 Å². The predicted molar refractivity (Wildman–Crippen MR) is 145 cm³/mol. The van der Waals surface area contributed by atoms with Gasteiger partial charge in [-0.25, -0.2) is 0 Å². The average Bonchev–Trinajstić information content (AvgIpc) is 3.53. The van der Waals surface area contributed by atoms with Crippen molar-refractivity contribution in [3.8, 4) is 0 Å². The van der Waals surface area contributed by atoms with Crippen LogP contribution in [0.2, 0.25) is 0 Å². The summed E-state index contributed by atoms with van der Waals surface area (Å²) >= 11 is 0. The lowest BCUT2D eigenvalue weighted by atomic mass is 9.77. The van der Waals surface area contributed by atoms with Gasteiger partial charge in [0.25, 0.3) is 11.8 Å². The Morgan fingerprint density at radius 1 is 0.973 bits per heavy atom. The normalized spacial score (nSPS) is 20.2. The molecule has 1 N–H and O–H groups in total. The molecule has 2 aromatic carbocycles. The minimum atomic E-state index is -0.0581. The zero-order valence-electron chi connectivity index (χ0n) is 21.5. The topological polar surface area (TPSA) is 65.5 Å². The van der Waals surface area contributed by atoms with Crippen LogP contribution < -0.4 is 10.2 Å². The molecule has 0 radical (unpaired) electrons. The summed E-state index contributed by atoms with van der Waals surface area (Å²) in [6.07, 6.45) is 8.78. The van der Waals surface area contributed by atoms with E-state index in [1.807, 2.05) is 55.7 Å². The number of pyridine rings is 1. The van der Waals surface area contributed by atoms with E-state index in [1.165, 1.54) is 11.3 Å². The molecule has 2 fully saturated rings. The van der Waals surface area contributed by atoms with Gasteiger partial charge in [-0.15, -0.1) is 0 Å². The van der Waals surface area contributed by atoms with E-state index in [4.69, 9.17) is 0 Å². The fourth-order valence-corrected chi connectivity index (χ4v) is 6.44. The molecule has 0 bridgehead atoms. The number of hydrogen-bond donors (Lipinski definition) is 1. The van der Waals surface area contributed by atoms with Crippen molar-refractivity contribution in [1.82, 2.24) is 15.2 Å². The van der Waals surface area contributed by atoms with Gasteiger partial charge in [0.1, 0.15) is 0 Å². The molecule has 3 aromatic rings. The quantitative estimate of drug-likeness (QED) is 0.558. The molecule has 1 atom stereocenters. The molecule has 6 heteroatoms. The summed E-state index contributed by atoms with van der Waals surface area (Å²) in [6, 6.07) is 17.9. The molecule has 37 heavy (non-hydrogen) atoms. The van der Waals surface area contributed by atoms with Gasteiger partial charge in [-0.3, -0.25) is 14.6 Å². The minimum Gasteiger partial charge on any atom is -0.371 e. The van der Waals surface area contributed by atoms with Gasteiger partial charge < -0.3 is 15.1 Å². The molecule has 0 saturated carbocycles. The van der Waals surface area contributed by atoms with Crippen LogP contribution in [-0.2, 0) is 6.42 Å². The maximum absolute atomic E-state index is 13.6. The van der Waals surface area contributed by atoms with Gasteiger partial charge in [-0.05, 0) is 91.5 Å². The molecular weight excluding hydrogens is 460 g/mol. The molecule has 1 spiro atoms. The van der Waals surface area contributed by atoms with Crippen LogP contribution in [0.5, 0.6) is 0 Å². The summed E-state index contributed by atoms with van der Waals surface area (Å²) in [5, 5.41) is 3.22. The summed E-state index contributed by atoms with van der Waals surface area (Å²) in [5.41, 5.74) is 6.19. The van der Waals surface area contributed by atoms with Crippen LogP contribution >= 0.6 is 0 Å². The molecular formula is C31H34N4O2. The Kier molecular flexibility index (Phi) is 6.19. The second kappa shape index (κ2) is 9.66. The SMILES string of the molecule is Cc1ccccc1C(=O)NC1CCc2ccc(C(=O)N3CCC4(CCN(c5ccncc5)CC4)C3)cc21. The Hall–Kier alpha value is -3.67. The van der Waals surface area contributed by atoms with Crippen molar-refractivity contribution in [2.75, 3.05) is 31.1 Å². The van der Waals surface area contributed by atoms with Crippen molar-refractivity contribution >= 4 is 17.5 Å². The third-order valence-corrected chi connectivity index (χ3v) is 8.74. The van der Waals surface area contributed by atoms with Crippen molar-refractivity contribution in [2.45, 2.75) is 45.1 Å². The van der Waals surface area contributed by atoms with Crippen LogP contribution in [0, 0.1) is 12.3 Å². The Labute approximate surface area is 218 Å². The van der Waals surface area contributed by atoms with Gasteiger partial charge in [-0.2, -0.15) is 0 Å². The molecule has 3 aliphatic rings. The van der Waals surface area contributed by atoms with Crippen molar-refractivity contribution in [1.29, 1.82) is 0 Å². The highest BCUT2D eigenvalue weighted by atomic mass is 16.2. The van der Waals surface area contributed by atoms with E-state index in [-0.39, 0.29) is 23.3 Å². The molecule has 1 aliphatic carbocycles. The van der Waals surface area contributed by atoms with Crippen LogP contribution in [0.15, 0.2) is 67.0 Å². The van der Waals surface area contributed by atoms with Gasteiger partial charge in [0.05, 0.1) is 6.04 Å². The zero-order valence-corrected chi connectivity index (χ0v) is 21.5. The number of nitrogens with zero attached hydrogens (tertiary/aromatic N) is 3. The van der Waals surface area contributed by atoms with Crippen molar-refractivity contribution in [3.63, 3.8) is 0 Å². The smallest absolute Gasteiger partial charge is 0.253 e.